The second-order valence-corrected chi connectivity index (χ2v) is 3.30. The van der Waals surface area contributed by atoms with Gasteiger partial charge in [0.15, 0.2) is 0 Å². The Bertz CT molecular complexity index is 401. The van der Waals surface area contributed by atoms with Crippen LogP contribution in [0.4, 0.5) is 13.2 Å². The van der Waals surface area contributed by atoms with Gasteiger partial charge >= 0.3 is 0 Å². The SMILES string of the molecule is N#CCc1c(C(F)F)cc(CBr)nc1F. The fourth-order valence-corrected chi connectivity index (χ4v) is 1.42. The van der Waals surface area contributed by atoms with Gasteiger partial charge in [-0.25, -0.2) is 13.8 Å². The molecule has 0 saturated heterocycles. The van der Waals surface area contributed by atoms with E-state index >= 15 is 0 Å². The van der Waals surface area contributed by atoms with Crippen LogP contribution < -0.4 is 0 Å². The van der Waals surface area contributed by atoms with Crippen molar-refractivity contribution in [1.82, 2.24) is 4.98 Å². The van der Waals surface area contributed by atoms with Gasteiger partial charge in [-0.15, -0.1) is 0 Å². The molecule has 0 aliphatic rings. The Balaban J connectivity index is 3.30. The molecule has 80 valence electrons. The Labute approximate surface area is 92.9 Å². The number of hydrogen-bond acceptors (Lipinski definition) is 2. The largest absolute Gasteiger partial charge is 0.264 e. The summed E-state index contributed by atoms with van der Waals surface area (Å²) in [5.41, 5.74) is -0.597. The summed E-state index contributed by atoms with van der Waals surface area (Å²) in [6.45, 7) is 0. The second kappa shape index (κ2) is 5.12. The van der Waals surface area contributed by atoms with Gasteiger partial charge in [0.05, 0.1) is 18.2 Å². The van der Waals surface area contributed by atoms with Crippen LogP contribution >= 0.6 is 15.9 Å². The van der Waals surface area contributed by atoms with E-state index in [0.29, 0.717) is 0 Å². The van der Waals surface area contributed by atoms with Gasteiger partial charge in [-0.05, 0) is 6.07 Å². The summed E-state index contributed by atoms with van der Waals surface area (Å²) >= 11 is 3.00. The minimum atomic E-state index is -2.80. The molecule has 0 atom stereocenters. The Kier molecular flexibility index (Phi) is 4.09. The maximum atomic E-state index is 13.2. The number of halogens is 4. The molecular formula is C9H6BrF3N2. The Morgan fingerprint density at radius 2 is 2.20 bits per heavy atom. The predicted molar refractivity (Wildman–Crippen MR) is 51.1 cm³/mol. The van der Waals surface area contributed by atoms with Gasteiger partial charge in [0.25, 0.3) is 6.43 Å². The molecule has 0 N–H and O–H groups in total. The minimum Gasteiger partial charge on any atom is -0.224 e. The highest BCUT2D eigenvalue weighted by molar-refractivity contribution is 9.08. The van der Waals surface area contributed by atoms with Crippen molar-refractivity contribution in [2.45, 2.75) is 18.2 Å². The smallest absolute Gasteiger partial charge is 0.224 e. The molecule has 0 saturated carbocycles. The highest BCUT2D eigenvalue weighted by atomic mass is 79.9. The monoisotopic (exact) mass is 278 g/mol. The number of aromatic nitrogens is 1. The lowest BCUT2D eigenvalue weighted by atomic mass is 10.1. The molecule has 0 aromatic carbocycles. The predicted octanol–water partition coefficient (Wildman–Crippen LogP) is 3.12. The highest BCUT2D eigenvalue weighted by Crippen LogP contribution is 2.26. The Morgan fingerprint density at radius 3 is 2.67 bits per heavy atom. The third-order valence-electron chi connectivity index (χ3n) is 1.79. The Morgan fingerprint density at radius 1 is 1.53 bits per heavy atom. The summed E-state index contributed by atoms with van der Waals surface area (Å²) in [6, 6.07) is 2.74. The lowest BCUT2D eigenvalue weighted by Crippen LogP contribution is -2.03. The van der Waals surface area contributed by atoms with Gasteiger partial charge in [-0.1, -0.05) is 15.9 Å². The van der Waals surface area contributed by atoms with Crippen molar-refractivity contribution in [3.05, 3.63) is 28.8 Å². The number of nitriles is 1. The molecule has 1 rings (SSSR count). The van der Waals surface area contributed by atoms with Crippen LogP contribution in [0.25, 0.3) is 0 Å². The summed E-state index contributed by atoms with van der Waals surface area (Å²) in [6.07, 6.45) is -3.20. The number of rotatable bonds is 3. The van der Waals surface area contributed by atoms with E-state index < -0.39 is 24.4 Å². The molecule has 0 spiro atoms. The number of pyridine rings is 1. The van der Waals surface area contributed by atoms with Crippen molar-refractivity contribution in [2.24, 2.45) is 0 Å². The van der Waals surface area contributed by atoms with Crippen molar-refractivity contribution in [3.63, 3.8) is 0 Å². The first-order valence-electron chi connectivity index (χ1n) is 3.99. The molecule has 0 unspecified atom stereocenters. The first kappa shape index (κ1) is 12.0. The van der Waals surface area contributed by atoms with Crippen LogP contribution in [0.5, 0.6) is 0 Å². The average molecular weight is 279 g/mol. The van der Waals surface area contributed by atoms with E-state index in [4.69, 9.17) is 5.26 Å². The third-order valence-corrected chi connectivity index (χ3v) is 2.36. The van der Waals surface area contributed by atoms with E-state index in [1.807, 2.05) is 0 Å². The molecule has 2 nitrogen and oxygen atoms in total. The van der Waals surface area contributed by atoms with Crippen molar-refractivity contribution in [2.75, 3.05) is 0 Å². The van der Waals surface area contributed by atoms with Crippen molar-refractivity contribution in [1.29, 1.82) is 5.26 Å². The Hall–Kier alpha value is -1.09. The van der Waals surface area contributed by atoms with Crippen LogP contribution in [-0.4, -0.2) is 4.98 Å². The summed E-state index contributed by atoms with van der Waals surface area (Å²) in [5, 5.41) is 8.57. The quantitative estimate of drug-likeness (QED) is 0.629. The zero-order valence-electron chi connectivity index (χ0n) is 7.48. The zero-order valence-corrected chi connectivity index (χ0v) is 9.06. The molecule has 1 aromatic heterocycles. The van der Waals surface area contributed by atoms with E-state index in [9.17, 15) is 13.2 Å². The van der Waals surface area contributed by atoms with Crippen LogP contribution in [0.15, 0.2) is 6.07 Å². The number of hydrogen-bond donors (Lipinski definition) is 0. The third kappa shape index (κ3) is 2.69. The maximum absolute atomic E-state index is 13.2. The van der Waals surface area contributed by atoms with E-state index in [-0.39, 0.29) is 16.6 Å². The lowest BCUT2D eigenvalue weighted by Gasteiger charge is -2.08. The van der Waals surface area contributed by atoms with Gasteiger partial charge < -0.3 is 0 Å². The van der Waals surface area contributed by atoms with Crippen LogP contribution in [0, 0.1) is 17.3 Å². The van der Waals surface area contributed by atoms with Gasteiger partial charge in [0, 0.05) is 16.5 Å². The molecule has 15 heavy (non-hydrogen) atoms. The number of alkyl halides is 3. The molecule has 0 fully saturated rings. The van der Waals surface area contributed by atoms with Crippen molar-refractivity contribution < 1.29 is 13.2 Å². The summed E-state index contributed by atoms with van der Waals surface area (Å²) in [7, 11) is 0. The van der Waals surface area contributed by atoms with E-state index in [2.05, 4.69) is 20.9 Å². The average Bonchev–Trinajstić information content (AvgIpc) is 2.20. The first-order valence-corrected chi connectivity index (χ1v) is 5.11. The molecule has 0 aliphatic heterocycles. The standard InChI is InChI=1S/C9H6BrF3N2/c10-4-5-3-7(8(11)12)6(1-2-14)9(13)15-5/h3,8H,1,4H2. The molecular weight excluding hydrogens is 273 g/mol. The first-order chi connectivity index (χ1) is 7.10. The van der Waals surface area contributed by atoms with Gasteiger partial charge in [-0.2, -0.15) is 9.65 Å². The molecule has 6 heteroatoms. The van der Waals surface area contributed by atoms with E-state index in [1.54, 1.807) is 6.07 Å². The molecule has 0 bridgehead atoms. The lowest BCUT2D eigenvalue weighted by molar-refractivity contribution is 0.149. The fraction of sp³-hybridized carbons (Fsp3) is 0.333. The zero-order chi connectivity index (χ0) is 11.4. The van der Waals surface area contributed by atoms with Crippen molar-refractivity contribution >= 4 is 15.9 Å². The topological polar surface area (TPSA) is 36.7 Å². The van der Waals surface area contributed by atoms with Gasteiger partial charge in [0.2, 0.25) is 5.95 Å². The van der Waals surface area contributed by atoms with Crippen LogP contribution in [-0.2, 0) is 11.8 Å². The van der Waals surface area contributed by atoms with E-state index in [0.717, 1.165) is 6.07 Å². The summed E-state index contributed by atoms with van der Waals surface area (Å²) < 4.78 is 38.3. The van der Waals surface area contributed by atoms with Crippen LogP contribution in [0.1, 0.15) is 23.2 Å². The van der Waals surface area contributed by atoms with E-state index in [1.165, 1.54) is 0 Å². The summed E-state index contributed by atoms with van der Waals surface area (Å²) in [4.78, 5) is 3.46. The molecule has 1 heterocycles. The number of nitrogens with zero attached hydrogens (tertiary/aromatic N) is 2. The van der Waals surface area contributed by atoms with Gasteiger partial charge in [0.1, 0.15) is 0 Å². The van der Waals surface area contributed by atoms with Crippen LogP contribution in [0.3, 0.4) is 0 Å². The molecule has 0 radical (unpaired) electrons. The fourth-order valence-electron chi connectivity index (χ4n) is 1.13. The van der Waals surface area contributed by atoms with Crippen LogP contribution in [0.2, 0.25) is 0 Å². The van der Waals surface area contributed by atoms with Crippen molar-refractivity contribution in [3.8, 4) is 6.07 Å². The maximum Gasteiger partial charge on any atom is 0.264 e. The molecule has 0 amide bonds. The normalized spacial score (nSPS) is 10.4. The highest BCUT2D eigenvalue weighted by Gasteiger charge is 2.18. The minimum absolute atomic E-state index is 0.185. The second-order valence-electron chi connectivity index (χ2n) is 2.74. The summed E-state index contributed by atoms with van der Waals surface area (Å²) in [5.74, 6) is -0.996. The molecule has 0 aliphatic carbocycles. The molecule has 1 aromatic rings. The van der Waals surface area contributed by atoms with Gasteiger partial charge in [-0.3, -0.25) is 0 Å².